The number of ether oxygens (including phenoxy) is 1. The van der Waals surface area contributed by atoms with E-state index >= 15 is 0 Å². The number of amides is 2. The van der Waals surface area contributed by atoms with E-state index in [1.54, 1.807) is 18.4 Å². The lowest BCUT2D eigenvalue weighted by molar-refractivity contribution is 0.0485. The summed E-state index contributed by atoms with van der Waals surface area (Å²) in [5, 5.41) is 15.0. The highest BCUT2D eigenvalue weighted by atomic mass is 32.1. The molecule has 124 valence electrons. The Balaban J connectivity index is 1.96. The molecule has 1 saturated carbocycles. The molecule has 0 bridgehead atoms. The van der Waals surface area contributed by atoms with Gasteiger partial charge in [-0.2, -0.15) is 0 Å². The number of aliphatic hydroxyl groups is 1. The van der Waals surface area contributed by atoms with Crippen LogP contribution in [0.4, 0.5) is 4.79 Å². The molecule has 2 rings (SSSR count). The number of hydrogen-bond acceptors (Lipinski definition) is 4. The van der Waals surface area contributed by atoms with Crippen LogP contribution in [0.2, 0.25) is 0 Å². The van der Waals surface area contributed by atoms with Crippen LogP contribution in [0, 0.1) is 5.92 Å². The summed E-state index contributed by atoms with van der Waals surface area (Å²) < 4.78 is 4.90. The van der Waals surface area contributed by atoms with E-state index in [0.29, 0.717) is 5.92 Å². The van der Waals surface area contributed by atoms with Crippen molar-refractivity contribution in [3.05, 3.63) is 22.4 Å². The van der Waals surface area contributed by atoms with Crippen molar-refractivity contribution in [3.8, 4) is 0 Å². The van der Waals surface area contributed by atoms with Gasteiger partial charge in [-0.1, -0.05) is 18.9 Å². The molecule has 1 aromatic rings. The molecular formula is C16H26N2O3S. The molecule has 2 atom stereocenters. The normalized spacial score (nSPS) is 18.1. The lowest BCUT2D eigenvalue weighted by Gasteiger charge is -2.28. The highest BCUT2D eigenvalue weighted by Gasteiger charge is 2.29. The van der Waals surface area contributed by atoms with E-state index in [-0.39, 0.29) is 25.2 Å². The molecule has 2 N–H and O–H groups in total. The predicted molar refractivity (Wildman–Crippen MR) is 88.1 cm³/mol. The first kappa shape index (κ1) is 17.2. The number of nitrogens with one attached hydrogen (secondary N) is 1. The summed E-state index contributed by atoms with van der Waals surface area (Å²) in [6, 6.07) is 4.06. The maximum Gasteiger partial charge on any atom is 0.317 e. The van der Waals surface area contributed by atoms with Gasteiger partial charge in [-0.15, -0.1) is 11.3 Å². The van der Waals surface area contributed by atoms with E-state index in [2.05, 4.69) is 16.8 Å². The molecule has 0 radical (unpaired) electrons. The minimum atomic E-state index is -0.660. The van der Waals surface area contributed by atoms with Gasteiger partial charge in [-0.05, 0) is 30.2 Å². The van der Waals surface area contributed by atoms with Crippen LogP contribution in [-0.2, 0) is 4.74 Å². The number of aliphatic hydroxyl groups excluding tert-OH is 1. The van der Waals surface area contributed by atoms with Gasteiger partial charge in [0.05, 0.1) is 25.3 Å². The van der Waals surface area contributed by atoms with E-state index in [0.717, 1.165) is 0 Å². The van der Waals surface area contributed by atoms with Gasteiger partial charge in [-0.25, -0.2) is 4.79 Å². The van der Waals surface area contributed by atoms with Gasteiger partial charge >= 0.3 is 6.03 Å². The molecule has 0 spiro atoms. The van der Waals surface area contributed by atoms with Crippen molar-refractivity contribution in [2.45, 2.75) is 37.8 Å². The summed E-state index contributed by atoms with van der Waals surface area (Å²) in [6.45, 7) is 0.496. The number of carbonyl (C=O) groups is 1. The fourth-order valence-corrected chi connectivity index (χ4v) is 3.94. The molecule has 1 heterocycles. The third-order valence-corrected chi connectivity index (χ3v) is 5.15. The highest BCUT2D eigenvalue weighted by Crippen LogP contribution is 2.37. The van der Waals surface area contributed by atoms with Crippen LogP contribution >= 0.6 is 11.3 Å². The number of hydrogen-bond donors (Lipinski definition) is 2. The first-order valence-electron chi connectivity index (χ1n) is 7.84. The molecule has 0 saturated heterocycles. The lowest BCUT2D eigenvalue weighted by atomic mass is 9.97. The van der Waals surface area contributed by atoms with E-state index in [1.807, 2.05) is 6.07 Å². The van der Waals surface area contributed by atoms with Gasteiger partial charge in [0.2, 0.25) is 0 Å². The van der Waals surface area contributed by atoms with E-state index < -0.39 is 6.10 Å². The number of thiophene rings is 1. The summed E-state index contributed by atoms with van der Waals surface area (Å²) in [7, 11) is 3.24. The number of likely N-dealkylation sites (N-methyl/N-ethyl adjacent to an activating group) is 1. The maximum atomic E-state index is 12.4. The van der Waals surface area contributed by atoms with Gasteiger partial charge < -0.3 is 20.1 Å². The molecule has 0 aromatic carbocycles. The summed E-state index contributed by atoms with van der Waals surface area (Å²) in [4.78, 5) is 15.2. The fourth-order valence-electron chi connectivity index (χ4n) is 3.07. The Hall–Kier alpha value is -1.11. The van der Waals surface area contributed by atoms with Gasteiger partial charge in [0.15, 0.2) is 0 Å². The van der Waals surface area contributed by atoms with Crippen molar-refractivity contribution < 1.29 is 14.6 Å². The number of rotatable bonds is 7. The summed E-state index contributed by atoms with van der Waals surface area (Å²) in [6.07, 6.45) is 4.15. The number of carbonyl (C=O) groups excluding carboxylic acids is 1. The molecule has 0 unspecified atom stereocenters. The summed E-state index contributed by atoms with van der Waals surface area (Å²) in [5.74, 6) is 0.514. The Kier molecular flexibility index (Phi) is 6.67. The third-order valence-electron chi connectivity index (χ3n) is 4.19. The van der Waals surface area contributed by atoms with Crippen LogP contribution in [0.5, 0.6) is 0 Å². The molecule has 0 aliphatic heterocycles. The zero-order chi connectivity index (χ0) is 15.9. The van der Waals surface area contributed by atoms with Crippen LogP contribution in [0.3, 0.4) is 0 Å². The van der Waals surface area contributed by atoms with Crippen molar-refractivity contribution >= 4 is 17.4 Å². The fraction of sp³-hybridized carbons (Fsp3) is 0.688. The number of nitrogens with zero attached hydrogens (tertiary/aromatic N) is 1. The number of methoxy groups -OCH3 is 1. The Morgan fingerprint density at radius 3 is 2.86 bits per heavy atom. The second-order valence-electron chi connectivity index (χ2n) is 5.98. The first-order chi connectivity index (χ1) is 10.6. The smallest absolute Gasteiger partial charge is 0.317 e. The van der Waals surface area contributed by atoms with Gasteiger partial charge in [-0.3, -0.25) is 0 Å². The molecule has 1 aliphatic rings. The molecule has 1 aromatic heterocycles. The van der Waals surface area contributed by atoms with Crippen molar-refractivity contribution in [3.63, 3.8) is 0 Å². The monoisotopic (exact) mass is 326 g/mol. The Morgan fingerprint density at radius 2 is 2.27 bits per heavy atom. The minimum absolute atomic E-state index is 0.0806. The molecule has 6 heteroatoms. The first-order valence-corrected chi connectivity index (χ1v) is 8.71. The van der Waals surface area contributed by atoms with Crippen molar-refractivity contribution in [2.24, 2.45) is 5.92 Å². The van der Waals surface area contributed by atoms with Crippen LogP contribution in [0.1, 0.15) is 36.6 Å². The Labute approximate surface area is 136 Å². The molecule has 1 aliphatic carbocycles. The second-order valence-corrected chi connectivity index (χ2v) is 6.96. The quantitative estimate of drug-likeness (QED) is 0.810. The highest BCUT2D eigenvalue weighted by molar-refractivity contribution is 7.10. The average molecular weight is 326 g/mol. The number of urea groups is 1. The summed E-state index contributed by atoms with van der Waals surface area (Å²) >= 11 is 1.69. The standard InChI is InChI=1S/C16H26N2O3S/c1-18(10-13(19)11-21-2)16(20)17-15(12-6-3-4-7-12)14-8-5-9-22-14/h5,8-9,12-13,15,19H,3-4,6-7,10-11H2,1-2H3,(H,17,20)/t13-,15-/m0/s1. The predicted octanol–water partition coefficient (Wildman–Crippen LogP) is 2.63. The van der Waals surface area contributed by atoms with Crippen LogP contribution in [0.15, 0.2) is 17.5 Å². The lowest BCUT2D eigenvalue weighted by Crippen LogP contribution is -2.44. The maximum absolute atomic E-state index is 12.4. The van der Waals surface area contributed by atoms with Crippen LogP contribution < -0.4 is 5.32 Å². The van der Waals surface area contributed by atoms with Gasteiger partial charge in [0.25, 0.3) is 0 Å². The largest absolute Gasteiger partial charge is 0.389 e. The summed E-state index contributed by atoms with van der Waals surface area (Å²) in [5.41, 5.74) is 0. The van der Waals surface area contributed by atoms with E-state index in [4.69, 9.17) is 4.74 Å². The molecule has 5 nitrogen and oxygen atoms in total. The third kappa shape index (κ3) is 4.69. The zero-order valence-corrected chi connectivity index (χ0v) is 14.1. The molecular weight excluding hydrogens is 300 g/mol. The Morgan fingerprint density at radius 1 is 1.55 bits per heavy atom. The van der Waals surface area contributed by atoms with Crippen molar-refractivity contribution in [1.29, 1.82) is 0 Å². The molecule has 1 fully saturated rings. The van der Waals surface area contributed by atoms with E-state index in [9.17, 15) is 9.90 Å². The van der Waals surface area contributed by atoms with E-state index in [1.165, 1.54) is 42.6 Å². The Bertz CT molecular complexity index is 446. The van der Waals surface area contributed by atoms with Crippen LogP contribution in [-0.4, -0.2) is 49.5 Å². The molecule has 2 amide bonds. The minimum Gasteiger partial charge on any atom is -0.389 e. The molecule has 22 heavy (non-hydrogen) atoms. The topological polar surface area (TPSA) is 61.8 Å². The van der Waals surface area contributed by atoms with Gasteiger partial charge in [0, 0.05) is 19.0 Å². The zero-order valence-electron chi connectivity index (χ0n) is 13.3. The second kappa shape index (κ2) is 8.50. The van der Waals surface area contributed by atoms with Crippen LogP contribution in [0.25, 0.3) is 0 Å². The van der Waals surface area contributed by atoms with Crippen molar-refractivity contribution in [1.82, 2.24) is 10.2 Å². The van der Waals surface area contributed by atoms with Gasteiger partial charge in [0.1, 0.15) is 0 Å². The van der Waals surface area contributed by atoms with Crippen molar-refractivity contribution in [2.75, 3.05) is 27.3 Å². The SMILES string of the molecule is COC[C@@H](O)CN(C)C(=O)N[C@H](c1cccs1)C1CCCC1. The average Bonchev–Trinajstić information content (AvgIpc) is 3.18.